The average molecular weight is 395 g/mol. The Labute approximate surface area is 155 Å². The zero-order valence-corrected chi connectivity index (χ0v) is 18.0. The van der Waals surface area contributed by atoms with Crippen LogP contribution in [-0.2, 0) is 16.8 Å². The molecule has 2 atom stereocenters. The van der Waals surface area contributed by atoms with E-state index in [9.17, 15) is 0 Å². The largest absolute Gasteiger partial charge is 0.496 e. The second-order valence-corrected chi connectivity index (χ2v) is 6.71. The van der Waals surface area contributed by atoms with Gasteiger partial charge in [-0.05, 0) is 84.8 Å². The van der Waals surface area contributed by atoms with Crippen LogP contribution >= 0.6 is 18.5 Å². The first-order valence-electron chi connectivity index (χ1n) is 7.11. The molecule has 2 unspecified atom stereocenters. The van der Waals surface area contributed by atoms with Crippen molar-refractivity contribution < 1.29 is 26.3 Å². The van der Waals surface area contributed by atoms with E-state index in [1.54, 1.807) is 14.2 Å². The molecule has 0 bridgehead atoms. The van der Waals surface area contributed by atoms with Gasteiger partial charge < -0.3 is 9.47 Å². The Morgan fingerprint density at radius 3 is 1.00 bits per heavy atom. The maximum atomic E-state index is 5.22. The van der Waals surface area contributed by atoms with Gasteiger partial charge >= 0.3 is 0 Å². The normalized spacial score (nSPS) is 9.39. The van der Waals surface area contributed by atoms with Crippen LogP contribution in [0.4, 0.5) is 0 Å². The van der Waals surface area contributed by atoms with E-state index >= 15 is 0 Å². The molecule has 2 nitrogen and oxygen atoms in total. The van der Waals surface area contributed by atoms with Crippen LogP contribution in [0.2, 0.25) is 0 Å². The summed E-state index contributed by atoms with van der Waals surface area (Å²) in [5, 5.41) is 2.42. The molecule has 0 aromatic heterocycles. The molecule has 0 spiro atoms. The summed E-state index contributed by atoms with van der Waals surface area (Å²) < 4.78 is 10.4. The van der Waals surface area contributed by atoms with Gasteiger partial charge in [0.15, 0.2) is 0 Å². The molecule has 0 aliphatic carbocycles. The van der Waals surface area contributed by atoms with Gasteiger partial charge in [-0.1, -0.05) is 0 Å². The predicted molar refractivity (Wildman–Crippen MR) is 104 cm³/mol. The van der Waals surface area contributed by atoms with Gasteiger partial charge in [0.2, 0.25) is 0 Å². The fourth-order valence-corrected chi connectivity index (χ4v) is 3.61. The summed E-state index contributed by atoms with van der Waals surface area (Å²) in [6, 6.07) is 8.38. The molecule has 2 aromatic carbocycles. The minimum Gasteiger partial charge on any atom is -0.496 e. The van der Waals surface area contributed by atoms with E-state index in [0.717, 1.165) is 11.5 Å². The van der Waals surface area contributed by atoms with E-state index in [4.69, 9.17) is 9.47 Å². The van der Waals surface area contributed by atoms with Crippen LogP contribution < -0.4 is 20.1 Å². The molecule has 2 rings (SSSR count). The molecule has 0 heterocycles. The number of methoxy groups -OCH3 is 2. The molecule has 0 fully saturated rings. The summed E-state index contributed by atoms with van der Waals surface area (Å²) in [4.78, 5) is 0. The molecular formula is C18H26CoO2P2. The van der Waals surface area contributed by atoms with Crippen molar-refractivity contribution in [2.45, 2.75) is 27.7 Å². The Morgan fingerprint density at radius 1 is 0.609 bits per heavy atom. The number of hydrogen-bond acceptors (Lipinski definition) is 2. The summed E-state index contributed by atoms with van der Waals surface area (Å²) >= 11 is 0. The molecule has 0 aliphatic rings. The van der Waals surface area contributed by atoms with Gasteiger partial charge in [0.1, 0.15) is 11.5 Å². The van der Waals surface area contributed by atoms with Crippen molar-refractivity contribution in [2.24, 2.45) is 0 Å². The summed E-state index contributed by atoms with van der Waals surface area (Å²) in [6.45, 7) is 8.22. The third-order valence-electron chi connectivity index (χ3n) is 3.37. The van der Waals surface area contributed by atoms with Crippen molar-refractivity contribution >= 4 is 29.1 Å². The summed E-state index contributed by atoms with van der Waals surface area (Å²) in [6.07, 6.45) is 0. The molecule has 0 N–H and O–H groups in total. The van der Waals surface area contributed by atoms with Crippen molar-refractivity contribution in [1.82, 2.24) is 0 Å². The van der Waals surface area contributed by atoms with Gasteiger partial charge in [-0.3, -0.25) is 0 Å². The molecule has 2 aromatic rings. The van der Waals surface area contributed by atoms with E-state index in [1.807, 2.05) is 0 Å². The first-order chi connectivity index (χ1) is 10.3. The molecule has 0 aliphatic heterocycles. The van der Waals surface area contributed by atoms with Crippen molar-refractivity contribution in [1.29, 1.82) is 0 Å². The van der Waals surface area contributed by atoms with Crippen LogP contribution in [-0.4, -0.2) is 14.2 Å². The zero-order chi connectivity index (χ0) is 16.9. The molecule has 1 radical (unpaired) electrons. The first kappa shape index (κ1) is 22.4. The third-order valence-corrected chi connectivity index (χ3v) is 4.04. The topological polar surface area (TPSA) is 18.5 Å². The fourth-order valence-electron chi connectivity index (χ4n) is 2.61. The van der Waals surface area contributed by atoms with Crippen molar-refractivity contribution in [3.05, 3.63) is 46.5 Å². The smallest absolute Gasteiger partial charge is 0.124 e. The number of hydrogen-bond donors (Lipinski definition) is 0. The monoisotopic (exact) mass is 395 g/mol. The van der Waals surface area contributed by atoms with Crippen molar-refractivity contribution in [3.63, 3.8) is 0 Å². The number of rotatable bonds is 2. The first-order valence-corrected chi connectivity index (χ1v) is 8.27. The van der Waals surface area contributed by atoms with E-state index < -0.39 is 0 Å². The minimum atomic E-state index is 0. The van der Waals surface area contributed by atoms with Gasteiger partial charge in [0.25, 0.3) is 0 Å². The summed E-state index contributed by atoms with van der Waals surface area (Å²) in [7, 11) is 8.78. The Morgan fingerprint density at radius 2 is 0.826 bits per heavy atom. The molecule has 23 heavy (non-hydrogen) atoms. The fraction of sp³-hybridized carbons (Fsp3) is 0.333. The van der Waals surface area contributed by atoms with Crippen molar-refractivity contribution in [3.8, 4) is 11.5 Å². The third kappa shape index (κ3) is 6.43. The van der Waals surface area contributed by atoms with Gasteiger partial charge in [0.05, 0.1) is 14.2 Å². The van der Waals surface area contributed by atoms with Crippen molar-refractivity contribution in [2.75, 3.05) is 14.2 Å². The molecule has 0 amide bonds. The molecule has 5 heteroatoms. The van der Waals surface area contributed by atoms with E-state index in [1.165, 1.54) is 32.9 Å². The van der Waals surface area contributed by atoms with Gasteiger partial charge in [-0.2, -0.15) is 0 Å². The van der Waals surface area contributed by atoms with Crippen LogP contribution in [0.15, 0.2) is 24.3 Å². The second-order valence-electron chi connectivity index (χ2n) is 5.38. The number of ether oxygens (including phenoxy) is 2. The standard InChI is InChI=1S/2C9H13OP.Co/c2*1-6-4-8(11)5-7(2)9(6)10-3;/h2*4-5H,11H2,1-3H3;. The van der Waals surface area contributed by atoms with Gasteiger partial charge in [-0.25, -0.2) is 0 Å². The van der Waals surface area contributed by atoms with Crippen LogP contribution in [0.3, 0.4) is 0 Å². The molecular weight excluding hydrogens is 369 g/mol. The second kappa shape index (κ2) is 10.3. The van der Waals surface area contributed by atoms with Gasteiger partial charge in [-0.15, -0.1) is 18.5 Å². The summed E-state index contributed by atoms with van der Waals surface area (Å²) in [5.41, 5.74) is 4.77. The maximum Gasteiger partial charge on any atom is 0.124 e. The summed E-state index contributed by atoms with van der Waals surface area (Å²) in [5.74, 6) is 1.99. The Kier molecular flexibility index (Phi) is 10.0. The number of aryl methyl sites for hydroxylation is 4. The Hall–Kier alpha value is -0.594. The minimum absolute atomic E-state index is 0. The quantitative estimate of drug-likeness (QED) is 0.724. The van der Waals surface area contributed by atoms with E-state index in [0.29, 0.717) is 0 Å². The molecule has 0 saturated carbocycles. The van der Waals surface area contributed by atoms with Crippen LogP contribution in [0.5, 0.6) is 11.5 Å². The molecule has 129 valence electrons. The van der Waals surface area contributed by atoms with E-state index in [-0.39, 0.29) is 16.8 Å². The van der Waals surface area contributed by atoms with Crippen LogP contribution in [0, 0.1) is 27.7 Å². The zero-order valence-electron chi connectivity index (χ0n) is 14.6. The average Bonchev–Trinajstić information content (AvgIpc) is 2.38. The van der Waals surface area contributed by atoms with Crippen LogP contribution in [0.25, 0.3) is 0 Å². The van der Waals surface area contributed by atoms with Crippen LogP contribution in [0.1, 0.15) is 22.3 Å². The van der Waals surface area contributed by atoms with E-state index in [2.05, 4.69) is 70.4 Å². The Balaban J connectivity index is 0.000000403. The van der Waals surface area contributed by atoms with Gasteiger partial charge in [0, 0.05) is 16.8 Å². The SMILES string of the molecule is COc1c(C)cc(P)cc1C.COc1c(C)cc(P)cc1C.[Co]. The Bertz CT molecular complexity index is 554. The number of benzene rings is 2. The molecule has 0 saturated heterocycles. The predicted octanol–water partition coefficient (Wildman–Crippen LogP) is 3.62. The maximum absolute atomic E-state index is 5.22.